The second kappa shape index (κ2) is 2.66. The van der Waals surface area contributed by atoms with Crippen molar-refractivity contribution in [3.05, 3.63) is 0 Å². The van der Waals surface area contributed by atoms with Gasteiger partial charge in [-0.3, -0.25) is 0 Å². The first-order valence-electron chi connectivity index (χ1n) is 3.28. The van der Waals surface area contributed by atoms with Crippen molar-refractivity contribution in [1.29, 1.82) is 0 Å². The Hall–Kier alpha value is 0.820. The Morgan fingerprint density at radius 1 is 1.27 bits per heavy atom. The fourth-order valence-electron chi connectivity index (χ4n) is 1.00. The molecule has 0 amide bonds. The molecule has 0 aromatic rings. The van der Waals surface area contributed by atoms with E-state index in [2.05, 4.69) is 0 Å². The van der Waals surface area contributed by atoms with Crippen LogP contribution >= 0.6 is 18.3 Å². The van der Waals surface area contributed by atoms with Crippen LogP contribution in [0.25, 0.3) is 0 Å². The molecule has 3 saturated heterocycles. The molecule has 0 unspecified atom stereocenters. The van der Waals surface area contributed by atoms with Gasteiger partial charge in [-0.15, -0.1) is 11.6 Å². The first-order chi connectivity index (χ1) is 5.18. The normalized spacial score (nSPS) is 49.5. The van der Waals surface area contributed by atoms with Crippen molar-refractivity contribution in [2.75, 3.05) is 25.7 Å². The average molecular weight is 215 g/mol. The molecule has 3 heterocycles. The summed E-state index contributed by atoms with van der Waals surface area (Å²) in [5, 5.41) is 0. The van der Waals surface area contributed by atoms with Gasteiger partial charge in [-0.2, -0.15) is 0 Å². The van der Waals surface area contributed by atoms with Crippen molar-refractivity contribution < 1.29 is 13.6 Å². The van der Waals surface area contributed by atoms with E-state index in [-0.39, 0.29) is 5.41 Å². The highest BCUT2D eigenvalue weighted by Gasteiger charge is 2.47. The van der Waals surface area contributed by atoms with Gasteiger partial charge in [-0.05, 0) is 11.8 Å². The van der Waals surface area contributed by atoms with Crippen LogP contribution in [-0.4, -0.2) is 25.7 Å². The van der Waals surface area contributed by atoms with Crippen molar-refractivity contribution in [2.45, 2.75) is 0 Å². The molecule has 0 radical (unpaired) electrons. The maximum atomic E-state index is 5.75. The van der Waals surface area contributed by atoms with Crippen LogP contribution in [0, 0.1) is 5.41 Å². The molecule has 0 spiro atoms. The summed E-state index contributed by atoms with van der Waals surface area (Å²) in [7, 11) is 0. The van der Waals surface area contributed by atoms with E-state index in [9.17, 15) is 0 Å². The largest absolute Gasteiger partial charge is 0.327 e. The Morgan fingerprint density at radius 2 is 1.73 bits per heavy atom. The molecular weight excluding hydrogens is 207 g/mol. The van der Waals surface area contributed by atoms with Gasteiger partial charge in [0.15, 0.2) is 0 Å². The zero-order chi connectivity index (χ0) is 7.95. The van der Waals surface area contributed by atoms with Crippen LogP contribution in [0.2, 0.25) is 0 Å². The zero-order valence-electron chi connectivity index (χ0n) is 5.79. The molecule has 6 heteroatoms. The number of halogens is 1. The van der Waals surface area contributed by atoms with Gasteiger partial charge in [-0.25, -0.2) is 0 Å². The topological polar surface area (TPSA) is 27.7 Å². The summed E-state index contributed by atoms with van der Waals surface area (Å²) in [6.07, 6.45) is 0. The molecule has 0 atom stereocenters. The Bertz CT molecular complexity index is 190. The first kappa shape index (κ1) is 8.42. The zero-order valence-corrected chi connectivity index (χ0v) is 8.25. The highest BCUT2D eigenvalue weighted by atomic mass is 35.5. The third kappa shape index (κ3) is 1.37. The van der Waals surface area contributed by atoms with Crippen LogP contribution in [0.3, 0.4) is 0 Å². The lowest BCUT2D eigenvalue weighted by atomic mass is 9.94. The maximum absolute atomic E-state index is 5.75. The molecule has 3 fully saturated rings. The van der Waals surface area contributed by atoms with Crippen molar-refractivity contribution in [1.82, 2.24) is 0 Å². The SMILES string of the molecule is S=P12OCC(CCl)(CO1)CO2. The van der Waals surface area contributed by atoms with E-state index in [1.54, 1.807) is 0 Å². The van der Waals surface area contributed by atoms with Crippen molar-refractivity contribution >= 4 is 30.1 Å². The summed E-state index contributed by atoms with van der Waals surface area (Å²) in [5.74, 6) is 0.502. The van der Waals surface area contributed by atoms with Gasteiger partial charge < -0.3 is 13.6 Å². The van der Waals surface area contributed by atoms with Gasteiger partial charge in [0.05, 0.1) is 25.2 Å². The third-order valence-electron chi connectivity index (χ3n) is 1.87. The molecule has 11 heavy (non-hydrogen) atoms. The lowest BCUT2D eigenvalue weighted by Gasteiger charge is -2.45. The van der Waals surface area contributed by atoms with E-state index >= 15 is 0 Å². The second-order valence-corrected chi connectivity index (χ2v) is 6.18. The van der Waals surface area contributed by atoms with Crippen LogP contribution in [0.4, 0.5) is 0 Å². The highest BCUT2D eigenvalue weighted by molar-refractivity contribution is 8.07. The summed E-state index contributed by atoms with van der Waals surface area (Å²) < 4.78 is 15.8. The molecule has 0 N–H and O–H groups in total. The lowest BCUT2D eigenvalue weighted by Crippen LogP contribution is -2.45. The molecule has 3 aliphatic rings. The summed E-state index contributed by atoms with van der Waals surface area (Å²) >= 11 is 10.7. The number of hydrogen-bond donors (Lipinski definition) is 0. The molecule has 0 saturated carbocycles. The molecule has 0 aromatic heterocycles. The van der Waals surface area contributed by atoms with Gasteiger partial charge in [0, 0.05) is 5.88 Å². The standard InChI is InChI=1S/C5H8ClO3PS/c6-1-5-2-7-10(11,8-3-5)9-4-5/h1-4H2. The van der Waals surface area contributed by atoms with E-state index in [0.29, 0.717) is 25.7 Å². The van der Waals surface area contributed by atoms with E-state index in [4.69, 9.17) is 37.0 Å². The van der Waals surface area contributed by atoms with E-state index < -0.39 is 6.72 Å². The number of hydrogen-bond acceptors (Lipinski definition) is 4. The van der Waals surface area contributed by atoms with Gasteiger partial charge >= 0.3 is 6.72 Å². The van der Waals surface area contributed by atoms with Crippen LogP contribution in [0.1, 0.15) is 0 Å². The molecule has 64 valence electrons. The molecule has 0 aromatic carbocycles. The van der Waals surface area contributed by atoms with Gasteiger partial charge in [-0.1, -0.05) is 0 Å². The number of alkyl halides is 1. The van der Waals surface area contributed by atoms with Crippen LogP contribution < -0.4 is 0 Å². The third-order valence-corrected chi connectivity index (χ3v) is 4.72. The minimum absolute atomic E-state index is 0.137. The summed E-state index contributed by atoms with van der Waals surface area (Å²) in [6.45, 7) is -0.536. The smallest absolute Gasteiger partial charge is 0.308 e. The summed E-state index contributed by atoms with van der Waals surface area (Å²) in [5.41, 5.74) is -0.137. The molecule has 3 nitrogen and oxygen atoms in total. The predicted molar refractivity (Wildman–Crippen MR) is 45.3 cm³/mol. The fourth-order valence-corrected chi connectivity index (χ4v) is 3.23. The fraction of sp³-hybridized carbons (Fsp3) is 1.00. The van der Waals surface area contributed by atoms with Crippen LogP contribution in [0.5, 0.6) is 0 Å². The predicted octanol–water partition coefficient (Wildman–Crippen LogP) is 1.51. The van der Waals surface area contributed by atoms with Crippen LogP contribution in [0.15, 0.2) is 0 Å². The van der Waals surface area contributed by atoms with E-state index in [1.807, 2.05) is 0 Å². The molecule has 3 rings (SSSR count). The van der Waals surface area contributed by atoms with Crippen molar-refractivity contribution in [3.63, 3.8) is 0 Å². The maximum Gasteiger partial charge on any atom is 0.327 e. The Labute approximate surface area is 75.2 Å². The monoisotopic (exact) mass is 214 g/mol. The molecule has 0 aliphatic carbocycles. The number of fused-ring (bicyclic) bond motifs is 3. The minimum atomic E-state index is -2.31. The average Bonchev–Trinajstić information content (AvgIpc) is 2.07. The molecular formula is C5H8ClO3PS. The summed E-state index contributed by atoms with van der Waals surface area (Å²) in [6, 6.07) is 0. The second-order valence-electron chi connectivity index (χ2n) is 2.90. The minimum Gasteiger partial charge on any atom is -0.308 e. The molecule has 3 aliphatic heterocycles. The quantitative estimate of drug-likeness (QED) is 0.489. The van der Waals surface area contributed by atoms with Crippen LogP contribution in [-0.2, 0) is 25.4 Å². The lowest BCUT2D eigenvalue weighted by molar-refractivity contribution is -0.0618. The van der Waals surface area contributed by atoms with Gasteiger partial charge in [0.25, 0.3) is 0 Å². The Balaban J connectivity index is 2.18. The van der Waals surface area contributed by atoms with Gasteiger partial charge in [0.1, 0.15) is 0 Å². The first-order valence-corrected chi connectivity index (χ1v) is 6.37. The van der Waals surface area contributed by atoms with Crippen molar-refractivity contribution in [2.24, 2.45) is 5.41 Å². The number of rotatable bonds is 1. The van der Waals surface area contributed by atoms with E-state index in [1.165, 1.54) is 0 Å². The highest BCUT2D eigenvalue weighted by Crippen LogP contribution is 2.60. The Morgan fingerprint density at radius 3 is 2.09 bits per heavy atom. The molecule has 2 bridgehead atoms. The Kier molecular flexibility index (Phi) is 2.03. The van der Waals surface area contributed by atoms with Crippen molar-refractivity contribution in [3.8, 4) is 0 Å². The van der Waals surface area contributed by atoms with E-state index in [0.717, 1.165) is 0 Å². The van der Waals surface area contributed by atoms with Gasteiger partial charge in [0.2, 0.25) is 0 Å². The summed E-state index contributed by atoms with van der Waals surface area (Å²) in [4.78, 5) is 0.